The predicted molar refractivity (Wildman–Crippen MR) is 48.3 cm³/mol. The van der Waals surface area contributed by atoms with Gasteiger partial charge in [-0.25, -0.2) is 8.42 Å². The molecule has 5 heteroatoms. The van der Waals surface area contributed by atoms with Gasteiger partial charge in [-0.3, -0.25) is 4.79 Å². The summed E-state index contributed by atoms with van der Waals surface area (Å²) in [6.45, 7) is 2.51. The Kier molecular flexibility index (Phi) is 2.40. The van der Waals surface area contributed by atoms with Crippen molar-refractivity contribution in [1.82, 2.24) is 0 Å². The molecule has 1 N–H and O–H groups in total. The molecule has 0 atom stereocenters. The van der Waals surface area contributed by atoms with Crippen molar-refractivity contribution in [1.29, 1.82) is 0 Å². The Balaban J connectivity index is 2.97. The molecule has 4 nitrogen and oxygen atoms in total. The smallest absolute Gasteiger partial charge is 0.324 e. The predicted octanol–water partition coefficient (Wildman–Crippen LogP) is 0.817. The van der Waals surface area contributed by atoms with Gasteiger partial charge in [0.15, 0.2) is 14.6 Å². The molecule has 0 spiro atoms. The average Bonchev–Trinajstić information content (AvgIpc) is 1.80. The van der Waals surface area contributed by atoms with E-state index < -0.39 is 25.8 Å². The van der Waals surface area contributed by atoms with Crippen molar-refractivity contribution in [2.45, 2.75) is 43.1 Å². The van der Waals surface area contributed by atoms with Crippen LogP contribution in [0.3, 0.4) is 0 Å². The van der Waals surface area contributed by atoms with Crippen LogP contribution in [0.4, 0.5) is 0 Å². The zero-order valence-corrected chi connectivity index (χ0v) is 8.60. The minimum atomic E-state index is -3.50. The molecule has 0 aromatic rings. The molecule has 0 radical (unpaired) electrons. The van der Waals surface area contributed by atoms with Crippen LogP contribution >= 0.6 is 0 Å². The highest BCUT2D eigenvalue weighted by atomic mass is 32.2. The molecule has 0 heterocycles. The average molecular weight is 206 g/mol. The molecular weight excluding hydrogens is 192 g/mol. The molecule has 0 amide bonds. The summed E-state index contributed by atoms with van der Waals surface area (Å²) in [5.41, 5.74) is 0. The normalized spacial score (nSPS) is 19.5. The number of hydrogen-bond donors (Lipinski definition) is 1. The van der Waals surface area contributed by atoms with E-state index in [9.17, 15) is 13.2 Å². The topological polar surface area (TPSA) is 71.4 Å². The Bertz CT molecular complexity index is 311. The monoisotopic (exact) mass is 206 g/mol. The lowest BCUT2D eigenvalue weighted by Gasteiger charge is -2.31. The van der Waals surface area contributed by atoms with Crippen LogP contribution in [0.1, 0.15) is 33.1 Å². The highest BCUT2D eigenvalue weighted by molar-refractivity contribution is 7.94. The second kappa shape index (κ2) is 2.97. The van der Waals surface area contributed by atoms with Crippen LogP contribution < -0.4 is 0 Å². The molecule has 0 bridgehead atoms. The van der Waals surface area contributed by atoms with Crippen molar-refractivity contribution in [3.05, 3.63) is 0 Å². The highest BCUT2D eigenvalue weighted by Crippen LogP contribution is 2.33. The van der Waals surface area contributed by atoms with E-state index in [2.05, 4.69) is 0 Å². The van der Waals surface area contributed by atoms with E-state index in [1.807, 2.05) is 0 Å². The Hall–Kier alpha value is -0.580. The molecule has 1 saturated carbocycles. The summed E-state index contributed by atoms with van der Waals surface area (Å²) in [6, 6.07) is 0. The third-order valence-corrected chi connectivity index (χ3v) is 5.66. The Morgan fingerprint density at radius 1 is 1.38 bits per heavy atom. The summed E-state index contributed by atoms with van der Waals surface area (Å²) >= 11 is 0. The maximum absolute atomic E-state index is 11.7. The lowest BCUT2D eigenvalue weighted by atomic mass is 10.00. The molecule has 1 aliphatic rings. The van der Waals surface area contributed by atoms with Crippen LogP contribution in [-0.4, -0.2) is 29.5 Å². The number of hydrogen-bond acceptors (Lipinski definition) is 3. The van der Waals surface area contributed by atoms with E-state index in [4.69, 9.17) is 5.11 Å². The fraction of sp³-hybridized carbons (Fsp3) is 0.875. The third-order valence-electron chi connectivity index (χ3n) is 2.72. The van der Waals surface area contributed by atoms with Crippen molar-refractivity contribution in [3.63, 3.8) is 0 Å². The van der Waals surface area contributed by atoms with Crippen LogP contribution in [0.15, 0.2) is 0 Å². The molecule has 1 rings (SSSR count). The van der Waals surface area contributed by atoms with Crippen molar-refractivity contribution >= 4 is 15.8 Å². The zero-order chi connectivity index (χ0) is 10.3. The van der Waals surface area contributed by atoms with Gasteiger partial charge in [0, 0.05) is 0 Å². The molecule has 76 valence electrons. The largest absolute Gasteiger partial charge is 0.480 e. The fourth-order valence-corrected chi connectivity index (χ4v) is 3.25. The molecule has 13 heavy (non-hydrogen) atoms. The molecule has 1 fully saturated rings. The minimum Gasteiger partial charge on any atom is -0.480 e. The standard InChI is InChI=1S/C8H14O4S/c1-8(2,7(9)10)13(11,12)6-4-3-5-6/h6H,3-5H2,1-2H3,(H,9,10). The van der Waals surface area contributed by atoms with Gasteiger partial charge in [0.25, 0.3) is 0 Å². The van der Waals surface area contributed by atoms with Gasteiger partial charge in [0.2, 0.25) is 0 Å². The van der Waals surface area contributed by atoms with E-state index in [1.54, 1.807) is 0 Å². The molecule has 0 saturated heterocycles. The van der Waals surface area contributed by atoms with Crippen molar-refractivity contribution in [3.8, 4) is 0 Å². The molecule has 0 aromatic heterocycles. The SMILES string of the molecule is CC(C)(C(=O)O)S(=O)(=O)C1CCC1. The van der Waals surface area contributed by atoms with E-state index in [0.717, 1.165) is 6.42 Å². The first-order valence-electron chi connectivity index (χ1n) is 4.27. The summed E-state index contributed by atoms with van der Waals surface area (Å²) in [4.78, 5) is 10.7. The first kappa shape index (κ1) is 10.5. The van der Waals surface area contributed by atoms with Crippen LogP contribution in [0.5, 0.6) is 0 Å². The summed E-state index contributed by atoms with van der Waals surface area (Å²) in [7, 11) is -3.50. The first-order chi connectivity index (χ1) is 5.80. The number of aliphatic carboxylic acids is 1. The number of rotatable bonds is 3. The summed E-state index contributed by atoms with van der Waals surface area (Å²) in [5, 5.41) is 8.33. The number of carbonyl (C=O) groups is 1. The van der Waals surface area contributed by atoms with Gasteiger partial charge in [-0.2, -0.15) is 0 Å². The molecule has 1 aliphatic carbocycles. The van der Waals surface area contributed by atoms with E-state index in [-0.39, 0.29) is 0 Å². The van der Waals surface area contributed by atoms with Gasteiger partial charge in [-0.05, 0) is 26.7 Å². The van der Waals surface area contributed by atoms with Crippen LogP contribution in [0.25, 0.3) is 0 Å². The minimum absolute atomic E-state index is 0.432. The number of sulfone groups is 1. The molecule has 0 unspecified atom stereocenters. The van der Waals surface area contributed by atoms with Gasteiger partial charge in [-0.1, -0.05) is 6.42 Å². The summed E-state index contributed by atoms with van der Waals surface area (Å²) in [5.74, 6) is -1.26. The number of carboxylic acid groups (broad SMARTS) is 1. The van der Waals surface area contributed by atoms with E-state index >= 15 is 0 Å². The van der Waals surface area contributed by atoms with Gasteiger partial charge in [0.05, 0.1) is 5.25 Å². The van der Waals surface area contributed by atoms with Crippen LogP contribution in [0, 0.1) is 0 Å². The lowest BCUT2D eigenvalue weighted by molar-refractivity contribution is -0.139. The van der Waals surface area contributed by atoms with E-state index in [0.29, 0.717) is 12.8 Å². The van der Waals surface area contributed by atoms with Gasteiger partial charge in [-0.15, -0.1) is 0 Å². The summed E-state index contributed by atoms with van der Waals surface area (Å²) in [6.07, 6.45) is 2.11. The van der Waals surface area contributed by atoms with Crippen LogP contribution in [0.2, 0.25) is 0 Å². The Labute approximate surface area is 77.9 Å². The maximum atomic E-state index is 11.7. The summed E-state index contributed by atoms with van der Waals surface area (Å²) < 4.78 is 21.7. The zero-order valence-electron chi connectivity index (χ0n) is 7.78. The molecular formula is C8H14O4S. The maximum Gasteiger partial charge on any atom is 0.324 e. The van der Waals surface area contributed by atoms with Gasteiger partial charge < -0.3 is 5.11 Å². The molecule has 0 aliphatic heterocycles. The van der Waals surface area contributed by atoms with Crippen molar-refractivity contribution in [2.24, 2.45) is 0 Å². The quantitative estimate of drug-likeness (QED) is 0.742. The first-order valence-corrected chi connectivity index (χ1v) is 5.81. The lowest BCUT2D eigenvalue weighted by Crippen LogP contribution is -2.48. The van der Waals surface area contributed by atoms with Crippen molar-refractivity contribution < 1.29 is 18.3 Å². The second-order valence-electron chi connectivity index (χ2n) is 3.91. The van der Waals surface area contributed by atoms with Crippen molar-refractivity contribution in [2.75, 3.05) is 0 Å². The number of carboxylic acids is 1. The third kappa shape index (κ3) is 1.45. The highest BCUT2D eigenvalue weighted by Gasteiger charge is 2.48. The second-order valence-corrected chi connectivity index (χ2v) is 6.69. The fourth-order valence-electron chi connectivity index (χ4n) is 1.22. The van der Waals surface area contributed by atoms with Gasteiger partial charge >= 0.3 is 5.97 Å². The molecule has 0 aromatic carbocycles. The Morgan fingerprint density at radius 2 is 1.85 bits per heavy atom. The van der Waals surface area contributed by atoms with Gasteiger partial charge in [0.1, 0.15) is 0 Å². The van der Waals surface area contributed by atoms with E-state index in [1.165, 1.54) is 13.8 Å². The van der Waals surface area contributed by atoms with Crippen LogP contribution in [-0.2, 0) is 14.6 Å². The Morgan fingerprint density at radius 3 is 2.08 bits per heavy atom.